The summed E-state index contributed by atoms with van der Waals surface area (Å²) in [6.45, 7) is 2.43. The highest BCUT2D eigenvalue weighted by molar-refractivity contribution is 6.33. The molecule has 1 fully saturated rings. The number of carbonyl (C=O) groups is 1. The van der Waals surface area contributed by atoms with Crippen LogP contribution in [0.25, 0.3) is 5.65 Å². The zero-order valence-corrected chi connectivity index (χ0v) is 17.5. The zero-order chi connectivity index (χ0) is 22.0. The van der Waals surface area contributed by atoms with Gasteiger partial charge in [-0.25, -0.2) is 4.98 Å². The average molecular weight is 451 g/mol. The second kappa shape index (κ2) is 8.88. The lowest BCUT2D eigenvalue weighted by Gasteiger charge is -2.28. The Kier molecular flexibility index (Phi) is 6.20. The van der Waals surface area contributed by atoms with Crippen LogP contribution in [0.15, 0.2) is 48.8 Å². The molecule has 0 radical (unpaired) electrons. The number of benzene rings is 1. The third kappa shape index (κ3) is 5.02. The van der Waals surface area contributed by atoms with Gasteiger partial charge in [-0.05, 0) is 37.6 Å². The fourth-order valence-corrected chi connectivity index (χ4v) is 4.23. The van der Waals surface area contributed by atoms with Crippen molar-refractivity contribution in [3.8, 4) is 0 Å². The Morgan fingerprint density at radius 2 is 1.87 bits per heavy atom. The Hall–Kier alpha value is -2.58. The number of nitrogens with one attached hydrogen (secondary N) is 1. The molecule has 0 bridgehead atoms. The van der Waals surface area contributed by atoms with Gasteiger partial charge in [0.1, 0.15) is 0 Å². The van der Waals surface area contributed by atoms with E-state index in [0.29, 0.717) is 12.2 Å². The monoisotopic (exact) mass is 450 g/mol. The van der Waals surface area contributed by atoms with Crippen LogP contribution in [0.2, 0.25) is 5.02 Å². The number of fused-ring (bicyclic) bond motifs is 1. The van der Waals surface area contributed by atoms with Crippen LogP contribution < -0.4 is 5.32 Å². The minimum atomic E-state index is -4.51. The lowest BCUT2D eigenvalue weighted by atomic mass is 10.1. The minimum Gasteiger partial charge on any atom is -0.354 e. The number of carbonyl (C=O) groups excluding carboxylic acids is 1. The molecule has 3 aromatic rings. The largest absolute Gasteiger partial charge is 0.417 e. The first-order valence-corrected chi connectivity index (χ1v) is 10.5. The summed E-state index contributed by atoms with van der Waals surface area (Å²) in [6.07, 6.45) is 0.0561. The number of amides is 1. The molecule has 1 unspecified atom stereocenters. The van der Waals surface area contributed by atoms with Gasteiger partial charge in [0.15, 0.2) is 5.65 Å². The molecule has 1 saturated heterocycles. The van der Waals surface area contributed by atoms with Crippen molar-refractivity contribution in [2.75, 3.05) is 19.6 Å². The van der Waals surface area contributed by atoms with Gasteiger partial charge in [-0.1, -0.05) is 41.9 Å². The van der Waals surface area contributed by atoms with Gasteiger partial charge >= 0.3 is 6.18 Å². The summed E-state index contributed by atoms with van der Waals surface area (Å²) in [6, 6.07) is 11.0. The molecule has 0 aliphatic carbocycles. The molecule has 1 N–H and O–H groups in total. The summed E-state index contributed by atoms with van der Waals surface area (Å²) in [7, 11) is 0. The summed E-state index contributed by atoms with van der Waals surface area (Å²) in [5, 5.41) is 2.85. The molecule has 3 heterocycles. The second-order valence-electron chi connectivity index (χ2n) is 7.69. The Morgan fingerprint density at radius 3 is 2.55 bits per heavy atom. The normalized spacial score (nSPS) is 16.0. The molecule has 4 rings (SSSR count). The molecule has 1 amide bonds. The van der Waals surface area contributed by atoms with Crippen LogP contribution in [-0.4, -0.2) is 39.8 Å². The standard InChI is InChI=1S/C22H22ClF3N4O/c23-18-10-16(22(24,25)26)13-30-14-17(28-21(18)30)11-20(31)27-12-19(29-8-4-5-9-29)15-6-2-1-3-7-15/h1-3,6-7,10,13-14,19H,4-5,8-9,11-12H2,(H,27,31). The summed E-state index contributed by atoms with van der Waals surface area (Å²) < 4.78 is 40.2. The highest BCUT2D eigenvalue weighted by Gasteiger charge is 2.32. The number of likely N-dealkylation sites (tertiary alicyclic amines) is 1. The first kappa shape index (κ1) is 21.6. The third-order valence-corrected chi connectivity index (χ3v) is 5.76. The molecule has 1 aliphatic heterocycles. The summed E-state index contributed by atoms with van der Waals surface area (Å²) >= 11 is 5.97. The number of aromatic nitrogens is 2. The molecular formula is C22H22ClF3N4O. The minimum absolute atomic E-state index is 0.0408. The van der Waals surface area contributed by atoms with Crippen LogP contribution in [0, 0.1) is 0 Å². The van der Waals surface area contributed by atoms with E-state index in [1.165, 1.54) is 10.6 Å². The number of rotatable bonds is 6. The number of halogens is 4. The van der Waals surface area contributed by atoms with Gasteiger partial charge in [0.25, 0.3) is 0 Å². The SMILES string of the molecule is O=C(Cc1cn2cc(C(F)(F)F)cc(Cl)c2n1)NCC(c1ccccc1)N1CCCC1. The first-order valence-electron chi connectivity index (χ1n) is 10.1. The van der Waals surface area contributed by atoms with Crippen LogP contribution in [-0.2, 0) is 17.4 Å². The fourth-order valence-electron chi connectivity index (χ4n) is 3.97. The van der Waals surface area contributed by atoms with Gasteiger partial charge in [0.05, 0.1) is 28.7 Å². The zero-order valence-electron chi connectivity index (χ0n) is 16.7. The summed E-state index contributed by atoms with van der Waals surface area (Å²) in [5.41, 5.74) is 0.825. The number of hydrogen-bond donors (Lipinski definition) is 1. The van der Waals surface area contributed by atoms with Crippen LogP contribution in [0.3, 0.4) is 0 Å². The van der Waals surface area contributed by atoms with Crippen LogP contribution >= 0.6 is 11.6 Å². The first-order chi connectivity index (χ1) is 14.8. The van der Waals surface area contributed by atoms with Crippen molar-refractivity contribution in [2.24, 2.45) is 0 Å². The van der Waals surface area contributed by atoms with Gasteiger partial charge in [0, 0.05) is 18.9 Å². The molecule has 1 atom stereocenters. The second-order valence-corrected chi connectivity index (χ2v) is 8.10. The average Bonchev–Trinajstić information content (AvgIpc) is 3.38. The van der Waals surface area contributed by atoms with Gasteiger partial charge in [0.2, 0.25) is 5.91 Å². The van der Waals surface area contributed by atoms with Gasteiger partial charge in [-0.15, -0.1) is 0 Å². The van der Waals surface area contributed by atoms with Gasteiger partial charge < -0.3 is 9.72 Å². The van der Waals surface area contributed by atoms with E-state index in [1.807, 2.05) is 18.2 Å². The number of hydrogen-bond acceptors (Lipinski definition) is 3. The van der Waals surface area contributed by atoms with Crippen LogP contribution in [0.1, 0.15) is 35.7 Å². The molecular weight excluding hydrogens is 429 g/mol. The highest BCUT2D eigenvalue weighted by atomic mass is 35.5. The number of pyridine rings is 1. The van der Waals surface area contributed by atoms with E-state index in [0.717, 1.165) is 43.8 Å². The Labute approximate surface area is 182 Å². The molecule has 0 spiro atoms. The number of alkyl halides is 3. The van der Waals surface area contributed by atoms with E-state index in [2.05, 4.69) is 27.3 Å². The predicted octanol–water partition coefficient (Wildman–Crippen LogP) is 4.50. The Bertz CT molecular complexity index is 1060. The quantitative estimate of drug-likeness (QED) is 0.601. The smallest absolute Gasteiger partial charge is 0.354 e. The van der Waals surface area contributed by atoms with E-state index in [-0.39, 0.29) is 29.0 Å². The van der Waals surface area contributed by atoms with Crippen LogP contribution in [0.5, 0.6) is 0 Å². The molecule has 31 heavy (non-hydrogen) atoms. The molecule has 0 saturated carbocycles. The van der Waals surface area contributed by atoms with Crippen molar-refractivity contribution >= 4 is 23.2 Å². The van der Waals surface area contributed by atoms with Gasteiger partial charge in [-0.3, -0.25) is 9.69 Å². The van der Waals surface area contributed by atoms with E-state index in [9.17, 15) is 18.0 Å². The number of nitrogens with zero attached hydrogens (tertiary/aromatic N) is 3. The molecule has 2 aromatic heterocycles. The fraction of sp³-hybridized carbons (Fsp3) is 0.364. The molecule has 164 valence electrons. The molecule has 1 aromatic carbocycles. The van der Waals surface area contributed by atoms with Crippen molar-refractivity contribution in [2.45, 2.75) is 31.5 Å². The van der Waals surface area contributed by atoms with Gasteiger partial charge in [-0.2, -0.15) is 13.2 Å². The topological polar surface area (TPSA) is 49.6 Å². The predicted molar refractivity (Wildman–Crippen MR) is 112 cm³/mol. The van der Waals surface area contributed by atoms with E-state index < -0.39 is 11.7 Å². The maximum Gasteiger partial charge on any atom is 0.417 e. The highest BCUT2D eigenvalue weighted by Crippen LogP contribution is 2.32. The molecule has 5 nitrogen and oxygen atoms in total. The maximum atomic E-state index is 13.0. The summed E-state index contributed by atoms with van der Waals surface area (Å²) in [4.78, 5) is 19.1. The van der Waals surface area contributed by atoms with E-state index in [4.69, 9.17) is 11.6 Å². The number of imidazole rings is 1. The molecule has 9 heteroatoms. The lowest BCUT2D eigenvalue weighted by molar-refractivity contribution is -0.137. The molecule has 1 aliphatic rings. The van der Waals surface area contributed by atoms with Crippen molar-refractivity contribution < 1.29 is 18.0 Å². The van der Waals surface area contributed by atoms with E-state index in [1.54, 1.807) is 0 Å². The lowest BCUT2D eigenvalue weighted by Crippen LogP contribution is -2.37. The summed E-state index contributed by atoms with van der Waals surface area (Å²) in [5.74, 6) is -0.240. The maximum absolute atomic E-state index is 13.0. The van der Waals surface area contributed by atoms with Crippen molar-refractivity contribution in [3.05, 3.63) is 70.6 Å². The van der Waals surface area contributed by atoms with Crippen molar-refractivity contribution in [3.63, 3.8) is 0 Å². The van der Waals surface area contributed by atoms with E-state index >= 15 is 0 Å². The van der Waals surface area contributed by atoms with Crippen molar-refractivity contribution in [1.82, 2.24) is 19.6 Å². The van der Waals surface area contributed by atoms with Crippen molar-refractivity contribution in [1.29, 1.82) is 0 Å². The third-order valence-electron chi connectivity index (χ3n) is 5.48. The Balaban J connectivity index is 1.45. The van der Waals surface area contributed by atoms with Crippen LogP contribution in [0.4, 0.5) is 13.2 Å². The Morgan fingerprint density at radius 1 is 1.16 bits per heavy atom.